The van der Waals surface area contributed by atoms with E-state index in [9.17, 15) is 9.50 Å². The van der Waals surface area contributed by atoms with E-state index in [1.54, 1.807) is 12.1 Å². The lowest BCUT2D eigenvalue weighted by Crippen LogP contribution is -2.32. The molecule has 0 saturated carbocycles. The van der Waals surface area contributed by atoms with Gasteiger partial charge in [0, 0.05) is 6.04 Å². The quantitative estimate of drug-likeness (QED) is 0.740. The summed E-state index contributed by atoms with van der Waals surface area (Å²) in [7, 11) is 0. The van der Waals surface area contributed by atoms with Gasteiger partial charge in [-0.15, -0.1) is 0 Å². The molecule has 0 amide bonds. The van der Waals surface area contributed by atoms with E-state index in [4.69, 9.17) is 0 Å². The lowest BCUT2D eigenvalue weighted by Gasteiger charge is -2.14. The fourth-order valence-electron chi connectivity index (χ4n) is 1.84. The van der Waals surface area contributed by atoms with Crippen LogP contribution in [0.1, 0.15) is 12.0 Å². The zero-order valence-corrected chi connectivity index (χ0v) is 7.91. The molecule has 2 unspecified atom stereocenters. The third-order valence-electron chi connectivity index (χ3n) is 2.68. The minimum atomic E-state index is -0.264. The molecule has 14 heavy (non-hydrogen) atoms. The normalized spacial score (nSPS) is 26.7. The summed E-state index contributed by atoms with van der Waals surface area (Å²) in [6.45, 7) is 0.868. The van der Waals surface area contributed by atoms with Gasteiger partial charge in [0.05, 0.1) is 6.10 Å². The Labute approximate surface area is 82.8 Å². The highest BCUT2D eigenvalue weighted by molar-refractivity contribution is 5.17. The number of halogens is 1. The van der Waals surface area contributed by atoms with Crippen LogP contribution in [-0.2, 0) is 6.42 Å². The van der Waals surface area contributed by atoms with E-state index in [0.717, 1.165) is 24.9 Å². The van der Waals surface area contributed by atoms with Gasteiger partial charge in [0.2, 0.25) is 0 Å². The summed E-state index contributed by atoms with van der Waals surface area (Å²) in [6.07, 6.45) is 1.31. The van der Waals surface area contributed by atoms with Gasteiger partial charge in [-0.2, -0.15) is 0 Å². The molecule has 3 heteroatoms. The molecule has 1 heterocycles. The van der Waals surface area contributed by atoms with Gasteiger partial charge in [-0.3, -0.25) is 0 Å². The van der Waals surface area contributed by atoms with Crippen LogP contribution in [0.5, 0.6) is 0 Å². The molecular weight excluding hydrogens is 181 g/mol. The molecule has 76 valence electrons. The van der Waals surface area contributed by atoms with E-state index >= 15 is 0 Å². The second kappa shape index (κ2) is 4.07. The van der Waals surface area contributed by atoms with E-state index < -0.39 is 0 Å². The molecule has 2 nitrogen and oxygen atoms in total. The van der Waals surface area contributed by atoms with Gasteiger partial charge in [0.1, 0.15) is 5.82 Å². The summed E-state index contributed by atoms with van der Waals surface area (Å²) in [4.78, 5) is 0. The van der Waals surface area contributed by atoms with E-state index in [1.807, 2.05) is 0 Å². The first-order valence-corrected chi connectivity index (χ1v) is 4.91. The second-order valence-electron chi connectivity index (χ2n) is 3.75. The van der Waals surface area contributed by atoms with Crippen LogP contribution in [0, 0.1) is 5.82 Å². The summed E-state index contributed by atoms with van der Waals surface area (Å²) < 4.78 is 12.6. The summed E-state index contributed by atoms with van der Waals surface area (Å²) >= 11 is 0. The van der Waals surface area contributed by atoms with Crippen LogP contribution in [0.3, 0.4) is 0 Å². The second-order valence-corrected chi connectivity index (χ2v) is 3.75. The van der Waals surface area contributed by atoms with E-state index in [0.29, 0.717) is 0 Å². The Morgan fingerprint density at radius 1 is 1.36 bits per heavy atom. The van der Waals surface area contributed by atoms with Crippen molar-refractivity contribution in [3.05, 3.63) is 35.6 Å². The first kappa shape index (κ1) is 9.62. The number of benzene rings is 1. The van der Waals surface area contributed by atoms with Crippen molar-refractivity contribution >= 4 is 0 Å². The molecule has 1 aromatic rings. The SMILES string of the molecule is OC1CCNC1Cc1ccc(F)cc1. The smallest absolute Gasteiger partial charge is 0.123 e. The molecule has 2 rings (SSSR count). The fourth-order valence-corrected chi connectivity index (χ4v) is 1.84. The molecule has 0 aliphatic carbocycles. The van der Waals surface area contributed by atoms with Gasteiger partial charge in [-0.1, -0.05) is 12.1 Å². The molecule has 2 N–H and O–H groups in total. The van der Waals surface area contributed by atoms with Gasteiger partial charge >= 0.3 is 0 Å². The zero-order valence-electron chi connectivity index (χ0n) is 7.91. The van der Waals surface area contributed by atoms with Crippen molar-refractivity contribution in [3.8, 4) is 0 Å². The van der Waals surface area contributed by atoms with Crippen LogP contribution in [0.4, 0.5) is 4.39 Å². The molecule has 1 aliphatic rings. The average Bonchev–Trinajstić information content (AvgIpc) is 2.56. The molecule has 0 spiro atoms. The lowest BCUT2D eigenvalue weighted by atomic mass is 10.0. The first-order valence-electron chi connectivity index (χ1n) is 4.91. The third kappa shape index (κ3) is 2.11. The fraction of sp³-hybridized carbons (Fsp3) is 0.455. The Kier molecular flexibility index (Phi) is 2.79. The van der Waals surface area contributed by atoms with Gasteiger partial charge in [-0.05, 0) is 37.1 Å². The van der Waals surface area contributed by atoms with Crippen molar-refractivity contribution in [1.29, 1.82) is 0 Å². The minimum Gasteiger partial charge on any atom is -0.391 e. The largest absolute Gasteiger partial charge is 0.391 e. The number of rotatable bonds is 2. The summed E-state index contributed by atoms with van der Waals surface area (Å²) in [5, 5.41) is 12.8. The van der Waals surface area contributed by atoms with Gasteiger partial charge < -0.3 is 10.4 Å². The molecule has 1 fully saturated rings. The monoisotopic (exact) mass is 195 g/mol. The lowest BCUT2D eigenvalue weighted by molar-refractivity contribution is 0.159. The molecule has 1 aliphatic heterocycles. The number of aliphatic hydroxyl groups is 1. The third-order valence-corrected chi connectivity index (χ3v) is 2.68. The van der Waals surface area contributed by atoms with Crippen LogP contribution in [0.15, 0.2) is 24.3 Å². The molecule has 0 radical (unpaired) electrons. The minimum absolute atomic E-state index is 0.125. The van der Waals surface area contributed by atoms with Crippen LogP contribution in [0.2, 0.25) is 0 Å². The highest BCUT2D eigenvalue weighted by atomic mass is 19.1. The van der Waals surface area contributed by atoms with Crippen molar-refractivity contribution in [2.45, 2.75) is 25.0 Å². The zero-order chi connectivity index (χ0) is 9.97. The molecule has 0 aromatic heterocycles. The predicted octanol–water partition coefficient (Wildman–Crippen LogP) is 1.09. The van der Waals surface area contributed by atoms with E-state index in [1.165, 1.54) is 12.1 Å². The topological polar surface area (TPSA) is 32.3 Å². The standard InChI is InChI=1S/C11H14FNO/c12-9-3-1-8(2-4-9)7-10-11(14)5-6-13-10/h1-4,10-11,13-14H,5-7H2. The molecule has 2 atom stereocenters. The molecule has 1 aromatic carbocycles. The number of hydrogen-bond acceptors (Lipinski definition) is 2. The summed E-state index contributed by atoms with van der Waals surface area (Å²) in [6, 6.07) is 6.57. The molecule has 0 bridgehead atoms. The van der Waals surface area contributed by atoms with Crippen LogP contribution in [0.25, 0.3) is 0 Å². The summed E-state index contributed by atoms with van der Waals surface area (Å²) in [5.74, 6) is -0.214. The van der Waals surface area contributed by atoms with Crippen LogP contribution < -0.4 is 5.32 Å². The van der Waals surface area contributed by atoms with Crippen LogP contribution in [-0.4, -0.2) is 23.8 Å². The van der Waals surface area contributed by atoms with E-state index in [-0.39, 0.29) is 18.0 Å². The van der Waals surface area contributed by atoms with Crippen molar-refractivity contribution < 1.29 is 9.50 Å². The van der Waals surface area contributed by atoms with Crippen molar-refractivity contribution in [1.82, 2.24) is 5.32 Å². The van der Waals surface area contributed by atoms with Gasteiger partial charge in [-0.25, -0.2) is 4.39 Å². The Morgan fingerprint density at radius 3 is 2.64 bits per heavy atom. The van der Waals surface area contributed by atoms with Crippen molar-refractivity contribution in [3.63, 3.8) is 0 Å². The Morgan fingerprint density at radius 2 is 2.07 bits per heavy atom. The molecule has 1 saturated heterocycles. The van der Waals surface area contributed by atoms with Crippen LogP contribution >= 0.6 is 0 Å². The predicted molar refractivity (Wildman–Crippen MR) is 52.5 cm³/mol. The number of aliphatic hydroxyl groups excluding tert-OH is 1. The number of hydrogen-bond donors (Lipinski definition) is 2. The van der Waals surface area contributed by atoms with Gasteiger partial charge in [0.25, 0.3) is 0 Å². The van der Waals surface area contributed by atoms with Crippen molar-refractivity contribution in [2.24, 2.45) is 0 Å². The Bertz CT molecular complexity index is 299. The highest BCUT2D eigenvalue weighted by Gasteiger charge is 2.24. The Balaban J connectivity index is 2.00. The average molecular weight is 195 g/mol. The van der Waals surface area contributed by atoms with Gasteiger partial charge in [0.15, 0.2) is 0 Å². The maximum absolute atomic E-state index is 12.6. The Hall–Kier alpha value is -0.930. The summed E-state index contributed by atoms with van der Waals surface area (Å²) in [5.41, 5.74) is 1.06. The maximum Gasteiger partial charge on any atom is 0.123 e. The van der Waals surface area contributed by atoms with Crippen molar-refractivity contribution in [2.75, 3.05) is 6.54 Å². The highest BCUT2D eigenvalue weighted by Crippen LogP contribution is 2.13. The van der Waals surface area contributed by atoms with E-state index in [2.05, 4.69) is 5.32 Å². The first-order chi connectivity index (χ1) is 6.75. The molecular formula is C11H14FNO. The maximum atomic E-state index is 12.6. The number of nitrogens with one attached hydrogen (secondary N) is 1.